The lowest BCUT2D eigenvalue weighted by Crippen LogP contribution is -2.26. The van der Waals surface area contributed by atoms with Crippen LogP contribution < -0.4 is 0 Å². The fourth-order valence-corrected chi connectivity index (χ4v) is 2.24. The highest BCUT2D eigenvalue weighted by Gasteiger charge is 2.41. The molecule has 0 spiro atoms. The summed E-state index contributed by atoms with van der Waals surface area (Å²) in [5.74, 6) is 0.305. The molecule has 72 valence electrons. The molecule has 0 aromatic carbocycles. The SMILES string of the molecule is CC1=C2C(=O)CCCC2OC1(C)C. The van der Waals surface area contributed by atoms with Gasteiger partial charge in [0, 0.05) is 12.0 Å². The maximum absolute atomic E-state index is 11.6. The van der Waals surface area contributed by atoms with Crippen molar-refractivity contribution in [3.63, 3.8) is 0 Å². The van der Waals surface area contributed by atoms with Gasteiger partial charge in [-0.25, -0.2) is 0 Å². The average molecular weight is 180 g/mol. The number of carbonyl (C=O) groups excluding carboxylic acids is 1. The zero-order chi connectivity index (χ0) is 9.64. The van der Waals surface area contributed by atoms with Crippen LogP contribution in [-0.4, -0.2) is 17.5 Å². The van der Waals surface area contributed by atoms with E-state index in [-0.39, 0.29) is 11.7 Å². The second-order valence-electron chi connectivity index (χ2n) is 4.47. The molecule has 1 fully saturated rings. The van der Waals surface area contributed by atoms with E-state index in [4.69, 9.17) is 4.74 Å². The van der Waals surface area contributed by atoms with Crippen LogP contribution in [0.1, 0.15) is 40.0 Å². The molecule has 0 N–H and O–H groups in total. The zero-order valence-corrected chi connectivity index (χ0v) is 8.52. The first-order valence-electron chi connectivity index (χ1n) is 4.94. The van der Waals surface area contributed by atoms with Gasteiger partial charge in [0.25, 0.3) is 0 Å². The van der Waals surface area contributed by atoms with Crippen molar-refractivity contribution < 1.29 is 9.53 Å². The lowest BCUT2D eigenvalue weighted by atomic mass is 9.87. The lowest BCUT2D eigenvalue weighted by molar-refractivity contribution is -0.118. The largest absolute Gasteiger partial charge is 0.363 e. The first-order chi connectivity index (χ1) is 6.02. The maximum Gasteiger partial charge on any atom is 0.161 e. The fraction of sp³-hybridized carbons (Fsp3) is 0.727. The number of ketones is 1. The average Bonchev–Trinajstić information content (AvgIpc) is 2.24. The molecule has 2 rings (SSSR count). The van der Waals surface area contributed by atoms with E-state index in [9.17, 15) is 4.79 Å². The third-order valence-corrected chi connectivity index (χ3v) is 3.24. The Morgan fingerprint density at radius 1 is 1.46 bits per heavy atom. The monoisotopic (exact) mass is 180 g/mol. The minimum absolute atomic E-state index is 0.0937. The van der Waals surface area contributed by atoms with Crippen LogP contribution >= 0.6 is 0 Å². The van der Waals surface area contributed by atoms with Crippen molar-refractivity contribution in [3.05, 3.63) is 11.1 Å². The summed E-state index contributed by atoms with van der Waals surface area (Å²) in [5, 5.41) is 0. The van der Waals surface area contributed by atoms with Gasteiger partial charge in [0.05, 0.1) is 11.7 Å². The van der Waals surface area contributed by atoms with Crippen LogP contribution in [-0.2, 0) is 9.53 Å². The van der Waals surface area contributed by atoms with Crippen LogP contribution in [0, 0.1) is 0 Å². The molecule has 13 heavy (non-hydrogen) atoms. The van der Waals surface area contributed by atoms with Crippen molar-refractivity contribution in [1.29, 1.82) is 0 Å². The first-order valence-corrected chi connectivity index (χ1v) is 4.94. The van der Waals surface area contributed by atoms with Crippen molar-refractivity contribution in [1.82, 2.24) is 0 Å². The Balaban J connectivity index is 2.41. The van der Waals surface area contributed by atoms with E-state index < -0.39 is 0 Å². The quantitative estimate of drug-likeness (QED) is 0.571. The van der Waals surface area contributed by atoms with E-state index in [0.29, 0.717) is 12.2 Å². The Kier molecular flexibility index (Phi) is 1.84. The van der Waals surface area contributed by atoms with Gasteiger partial charge in [-0.05, 0) is 39.2 Å². The number of hydrogen-bond donors (Lipinski definition) is 0. The highest BCUT2D eigenvalue weighted by Crippen LogP contribution is 2.40. The standard InChI is InChI=1S/C11H16O2/c1-7-10-8(12)5-4-6-9(10)13-11(7,2)3/h9H,4-6H2,1-3H3. The summed E-state index contributed by atoms with van der Waals surface area (Å²) in [5.41, 5.74) is 1.89. The summed E-state index contributed by atoms with van der Waals surface area (Å²) in [6.07, 6.45) is 2.80. The topological polar surface area (TPSA) is 26.3 Å². The summed E-state index contributed by atoms with van der Waals surface area (Å²) < 4.78 is 5.84. The molecule has 2 aliphatic rings. The van der Waals surface area contributed by atoms with Crippen molar-refractivity contribution in [3.8, 4) is 0 Å². The second kappa shape index (κ2) is 2.68. The smallest absolute Gasteiger partial charge is 0.161 e. The minimum Gasteiger partial charge on any atom is -0.363 e. The molecule has 2 nitrogen and oxygen atoms in total. The minimum atomic E-state index is -0.222. The van der Waals surface area contributed by atoms with Gasteiger partial charge in [0.15, 0.2) is 5.78 Å². The number of hydrogen-bond acceptors (Lipinski definition) is 2. The van der Waals surface area contributed by atoms with Crippen LogP contribution in [0.2, 0.25) is 0 Å². The summed E-state index contributed by atoms with van der Waals surface area (Å²) in [4.78, 5) is 11.6. The molecular weight excluding hydrogens is 164 g/mol. The van der Waals surface area contributed by atoms with E-state index in [1.54, 1.807) is 0 Å². The van der Waals surface area contributed by atoms with E-state index in [1.807, 2.05) is 20.8 Å². The van der Waals surface area contributed by atoms with Crippen LogP contribution in [0.3, 0.4) is 0 Å². The number of carbonyl (C=O) groups is 1. The van der Waals surface area contributed by atoms with E-state index in [1.165, 1.54) is 0 Å². The molecule has 1 saturated carbocycles. The molecule has 0 aromatic rings. The Morgan fingerprint density at radius 3 is 2.77 bits per heavy atom. The molecule has 1 aliphatic carbocycles. The number of rotatable bonds is 0. The molecule has 1 unspecified atom stereocenters. The molecule has 0 radical (unpaired) electrons. The molecule has 0 saturated heterocycles. The highest BCUT2D eigenvalue weighted by atomic mass is 16.5. The van der Waals surface area contributed by atoms with Crippen molar-refractivity contribution in [2.75, 3.05) is 0 Å². The molecular formula is C11H16O2. The number of ether oxygens (including phenoxy) is 1. The van der Waals surface area contributed by atoms with Crippen molar-refractivity contribution >= 4 is 5.78 Å². The summed E-state index contributed by atoms with van der Waals surface area (Å²) >= 11 is 0. The molecule has 1 heterocycles. The molecule has 0 amide bonds. The third-order valence-electron chi connectivity index (χ3n) is 3.24. The van der Waals surface area contributed by atoms with Gasteiger partial charge < -0.3 is 4.74 Å². The van der Waals surface area contributed by atoms with Crippen LogP contribution in [0.15, 0.2) is 11.1 Å². The highest BCUT2D eigenvalue weighted by molar-refractivity contribution is 5.98. The van der Waals surface area contributed by atoms with E-state index in [0.717, 1.165) is 24.0 Å². The van der Waals surface area contributed by atoms with E-state index >= 15 is 0 Å². The Labute approximate surface area is 79.0 Å². The summed E-state index contributed by atoms with van der Waals surface area (Å²) in [6, 6.07) is 0. The normalized spacial score (nSPS) is 32.2. The van der Waals surface area contributed by atoms with Crippen LogP contribution in [0.5, 0.6) is 0 Å². The zero-order valence-electron chi connectivity index (χ0n) is 8.52. The van der Waals surface area contributed by atoms with Crippen LogP contribution in [0.4, 0.5) is 0 Å². The predicted octanol–water partition coefficient (Wildman–Crippen LogP) is 2.23. The van der Waals surface area contributed by atoms with Gasteiger partial charge in [0.2, 0.25) is 0 Å². The van der Waals surface area contributed by atoms with Crippen molar-refractivity contribution in [2.24, 2.45) is 0 Å². The van der Waals surface area contributed by atoms with Crippen molar-refractivity contribution in [2.45, 2.75) is 51.7 Å². The first kappa shape index (κ1) is 8.95. The molecule has 1 aliphatic heterocycles. The molecule has 1 atom stereocenters. The van der Waals surface area contributed by atoms with Gasteiger partial charge in [0.1, 0.15) is 0 Å². The number of Topliss-reactive ketones (excluding diaryl/α,β-unsaturated/α-hetero) is 1. The third kappa shape index (κ3) is 1.24. The fourth-order valence-electron chi connectivity index (χ4n) is 2.24. The summed E-state index contributed by atoms with van der Waals surface area (Å²) in [6.45, 7) is 6.11. The summed E-state index contributed by atoms with van der Waals surface area (Å²) in [7, 11) is 0. The Morgan fingerprint density at radius 2 is 2.15 bits per heavy atom. The van der Waals surface area contributed by atoms with Gasteiger partial charge in [-0.2, -0.15) is 0 Å². The number of fused-ring (bicyclic) bond motifs is 1. The maximum atomic E-state index is 11.6. The lowest BCUT2D eigenvalue weighted by Gasteiger charge is -2.23. The van der Waals surface area contributed by atoms with Crippen LogP contribution in [0.25, 0.3) is 0 Å². The molecule has 2 heteroatoms. The van der Waals surface area contributed by atoms with Gasteiger partial charge in [-0.1, -0.05) is 0 Å². The Bertz CT molecular complexity index is 286. The van der Waals surface area contributed by atoms with Gasteiger partial charge in [-0.3, -0.25) is 4.79 Å². The molecule has 0 bridgehead atoms. The predicted molar refractivity (Wildman–Crippen MR) is 50.5 cm³/mol. The van der Waals surface area contributed by atoms with Gasteiger partial charge in [-0.15, -0.1) is 0 Å². The molecule has 0 aromatic heterocycles. The second-order valence-corrected chi connectivity index (χ2v) is 4.47. The van der Waals surface area contributed by atoms with E-state index in [2.05, 4.69) is 0 Å². The Hall–Kier alpha value is -0.630. The van der Waals surface area contributed by atoms with Gasteiger partial charge >= 0.3 is 0 Å².